The van der Waals surface area contributed by atoms with Gasteiger partial charge in [-0.3, -0.25) is 9.59 Å². The van der Waals surface area contributed by atoms with Gasteiger partial charge in [0.1, 0.15) is 5.15 Å². The average Bonchev–Trinajstić information content (AvgIpc) is 3.05. The van der Waals surface area contributed by atoms with E-state index in [9.17, 15) is 9.59 Å². The number of hydrogen-bond acceptors (Lipinski definition) is 4. The highest BCUT2D eigenvalue weighted by atomic mass is 35.5. The Labute approximate surface area is 135 Å². The number of rotatable bonds is 6. The van der Waals surface area contributed by atoms with Crippen molar-refractivity contribution in [3.8, 4) is 0 Å². The first-order valence-electron chi connectivity index (χ1n) is 7.52. The first-order valence-corrected chi connectivity index (χ1v) is 7.90. The molecule has 1 aliphatic rings. The molecule has 22 heavy (non-hydrogen) atoms. The molecule has 0 saturated carbocycles. The van der Waals surface area contributed by atoms with Gasteiger partial charge in [0.15, 0.2) is 0 Å². The van der Waals surface area contributed by atoms with Crippen LogP contribution in [-0.4, -0.2) is 47.4 Å². The molecule has 6 nitrogen and oxygen atoms in total. The standard InChI is InChI=1S/C15H21ClN4O2/c16-13-11(5-3-7-18-13)14(21)19-8-4-6-12(17)15(22)20-9-1-2-10-20/h3,5,7,12H,1-2,4,6,8-10,17H2,(H,19,21)/t12-/m0/s1. The fraction of sp³-hybridized carbons (Fsp3) is 0.533. The maximum Gasteiger partial charge on any atom is 0.254 e. The second-order valence-corrected chi connectivity index (χ2v) is 5.74. The Kier molecular flexibility index (Phi) is 6.15. The van der Waals surface area contributed by atoms with Crippen molar-refractivity contribution < 1.29 is 9.59 Å². The number of likely N-dealkylation sites (tertiary alicyclic amines) is 1. The molecule has 1 aliphatic heterocycles. The van der Waals surface area contributed by atoms with Gasteiger partial charge in [0.2, 0.25) is 5.91 Å². The second-order valence-electron chi connectivity index (χ2n) is 5.38. The molecule has 0 bridgehead atoms. The van der Waals surface area contributed by atoms with E-state index in [1.807, 2.05) is 4.90 Å². The summed E-state index contributed by atoms with van der Waals surface area (Å²) in [6.45, 7) is 2.07. The average molecular weight is 325 g/mol. The molecule has 1 aromatic heterocycles. The first kappa shape index (κ1) is 16.7. The van der Waals surface area contributed by atoms with E-state index in [-0.39, 0.29) is 17.0 Å². The van der Waals surface area contributed by atoms with E-state index in [0.29, 0.717) is 24.9 Å². The van der Waals surface area contributed by atoms with Gasteiger partial charge in [-0.15, -0.1) is 0 Å². The smallest absolute Gasteiger partial charge is 0.254 e. The molecular formula is C15H21ClN4O2. The minimum absolute atomic E-state index is 0.0131. The zero-order chi connectivity index (χ0) is 15.9. The molecule has 3 N–H and O–H groups in total. The lowest BCUT2D eigenvalue weighted by molar-refractivity contribution is -0.131. The Morgan fingerprint density at radius 3 is 2.82 bits per heavy atom. The Morgan fingerprint density at radius 2 is 2.14 bits per heavy atom. The maximum absolute atomic E-state index is 12.0. The van der Waals surface area contributed by atoms with Crippen LogP contribution in [0.1, 0.15) is 36.0 Å². The Balaban J connectivity index is 1.69. The van der Waals surface area contributed by atoms with Crippen LogP contribution in [0.3, 0.4) is 0 Å². The number of nitrogens with two attached hydrogens (primary N) is 1. The molecule has 2 amide bonds. The lowest BCUT2D eigenvalue weighted by Gasteiger charge is -2.20. The van der Waals surface area contributed by atoms with Crippen LogP contribution in [0.25, 0.3) is 0 Å². The van der Waals surface area contributed by atoms with Gasteiger partial charge in [0, 0.05) is 25.8 Å². The molecule has 7 heteroatoms. The van der Waals surface area contributed by atoms with Gasteiger partial charge >= 0.3 is 0 Å². The van der Waals surface area contributed by atoms with E-state index in [0.717, 1.165) is 25.9 Å². The largest absolute Gasteiger partial charge is 0.352 e. The summed E-state index contributed by atoms with van der Waals surface area (Å²) in [4.78, 5) is 29.6. The number of carbonyl (C=O) groups is 2. The minimum atomic E-state index is -0.489. The monoisotopic (exact) mass is 324 g/mol. The highest BCUT2D eigenvalue weighted by Gasteiger charge is 2.23. The number of hydrogen-bond donors (Lipinski definition) is 2. The summed E-state index contributed by atoms with van der Waals surface area (Å²) in [6, 6.07) is 2.79. The lowest BCUT2D eigenvalue weighted by atomic mass is 10.1. The van der Waals surface area contributed by atoms with Gasteiger partial charge in [-0.25, -0.2) is 4.98 Å². The molecule has 0 unspecified atom stereocenters. The Hall–Kier alpha value is -1.66. The number of nitrogens with one attached hydrogen (secondary N) is 1. The van der Waals surface area contributed by atoms with Crippen molar-refractivity contribution in [2.45, 2.75) is 31.7 Å². The van der Waals surface area contributed by atoms with E-state index in [2.05, 4.69) is 10.3 Å². The van der Waals surface area contributed by atoms with Crippen molar-refractivity contribution in [1.82, 2.24) is 15.2 Å². The van der Waals surface area contributed by atoms with Gasteiger partial charge in [-0.05, 0) is 37.8 Å². The van der Waals surface area contributed by atoms with Crippen molar-refractivity contribution in [2.24, 2.45) is 5.73 Å². The molecule has 0 aliphatic carbocycles. The summed E-state index contributed by atoms with van der Waals surface area (Å²) in [7, 11) is 0. The van der Waals surface area contributed by atoms with Crippen molar-refractivity contribution in [3.63, 3.8) is 0 Å². The van der Waals surface area contributed by atoms with Crippen molar-refractivity contribution in [2.75, 3.05) is 19.6 Å². The third-order valence-electron chi connectivity index (χ3n) is 3.72. The van der Waals surface area contributed by atoms with Crippen molar-refractivity contribution >= 4 is 23.4 Å². The van der Waals surface area contributed by atoms with Crippen molar-refractivity contribution in [1.29, 1.82) is 0 Å². The predicted molar refractivity (Wildman–Crippen MR) is 84.6 cm³/mol. The van der Waals surface area contributed by atoms with E-state index in [1.54, 1.807) is 12.1 Å². The van der Waals surface area contributed by atoms with Crippen LogP contribution in [0, 0.1) is 0 Å². The van der Waals surface area contributed by atoms with Crippen LogP contribution < -0.4 is 11.1 Å². The summed E-state index contributed by atoms with van der Waals surface area (Å²) in [5.41, 5.74) is 6.26. The fourth-order valence-corrected chi connectivity index (χ4v) is 2.68. The quantitative estimate of drug-likeness (QED) is 0.608. The third-order valence-corrected chi connectivity index (χ3v) is 4.02. The molecule has 1 atom stereocenters. The topological polar surface area (TPSA) is 88.3 Å². The van der Waals surface area contributed by atoms with Gasteiger partial charge in [0.05, 0.1) is 11.6 Å². The fourth-order valence-electron chi connectivity index (χ4n) is 2.47. The Morgan fingerprint density at radius 1 is 1.41 bits per heavy atom. The number of nitrogens with zero attached hydrogens (tertiary/aromatic N) is 2. The number of carbonyl (C=O) groups excluding carboxylic acids is 2. The minimum Gasteiger partial charge on any atom is -0.352 e. The normalized spacial score (nSPS) is 15.6. The number of halogens is 1. The highest BCUT2D eigenvalue weighted by Crippen LogP contribution is 2.12. The zero-order valence-corrected chi connectivity index (χ0v) is 13.2. The molecule has 0 radical (unpaired) electrons. The van der Waals surface area contributed by atoms with Crippen LogP contribution in [0.4, 0.5) is 0 Å². The summed E-state index contributed by atoms with van der Waals surface area (Å²) in [5, 5.41) is 2.94. The predicted octanol–water partition coefficient (Wildman–Crippen LogP) is 1.19. The third kappa shape index (κ3) is 4.42. The molecule has 1 saturated heterocycles. The number of amides is 2. The summed E-state index contributed by atoms with van der Waals surface area (Å²) in [5.74, 6) is -0.253. The summed E-state index contributed by atoms with van der Waals surface area (Å²) < 4.78 is 0. The van der Waals surface area contributed by atoms with Crippen LogP contribution in [0.5, 0.6) is 0 Å². The molecule has 120 valence electrons. The summed E-state index contributed by atoms with van der Waals surface area (Å²) in [6.07, 6.45) is 4.84. The molecule has 0 aromatic carbocycles. The van der Waals surface area contributed by atoms with Crippen molar-refractivity contribution in [3.05, 3.63) is 29.0 Å². The van der Waals surface area contributed by atoms with Crippen LogP contribution in [0.2, 0.25) is 5.15 Å². The molecule has 2 heterocycles. The van der Waals surface area contributed by atoms with Gasteiger partial charge in [-0.1, -0.05) is 11.6 Å². The maximum atomic E-state index is 12.0. The summed E-state index contributed by atoms with van der Waals surface area (Å²) >= 11 is 5.85. The zero-order valence-electron chi connectivity index (χ0n) is 12.4. The first-order chi connectivity index (χ1) is 10.6. The highest BCUT2D eigenvalue weighted by molar-refractivity contribution is 6.32. The molecular weight excluding hydrogens is 304 g/mol. The van der Waals surface area contributed by atoms with Crippen LogP contribution >= 0.6 is 11.6 Å². The van der Waals surface area contributed by atoms with E-state index in [4.69, 9.17) is 17.3 Å². The second kappa shape index (κ2) is 8.10. The molecule has 2 rings (SSSR count). The van der Waals surface area contributed by atoms with E-state index < -0.39 is 6.04 Å². The SMILES string of the molecule is N[C@@H](CCCNC(=O)c1cccnc1Cl)C(=O)N1CCCC1. The molecule has 1 aromatic rings. The number of aromatic nitrogens is 1. The van der Waals surface area contributed by atoms with Crippen LogP contribution in [-0.2, 0) is 4.79 Å². The van der Waals surface area contributed by atoms with Gasteiger partial charge in [-0.2, -0.15) is 0 Å². The van der Waals surface area contributed by atoms with Gasteiger partial charge in [0.25, 0.3) is 5.91 Å². The Bertz CT molecular complexity index is 532. The van der Waals surface area contributed by atoms with E-state index in [1.165, 1.54) is 6.20 Å². The van der Waals surface area contributed by atoms with Gasteiger partial charge < -0.3 is 16.0 Å². The number of pyridine rings is 1. The molecule has 1 fully saturated rings. The molecule has 0 spiro atoms. The van der Waals surface area contributed by atoms with E-state index >= 15 is 0 Å². The lowest BCUT2D eigenvalue weighted by Crippen LogP contribution is -2.42. The van der Waals surface area contributed by atoms with Crippen LogP contribution in [0.15, 0.2) is 18.3 Å².